The van der Waals surface area contributed by atoms with E-state index in [2.05, 4.69) is 6.07 Å². The summed E-state index contributed by atoms with van der Waals surface area (Å²) in [6.07, 6.45) is 0. The van der Waals surface area contributed by atoms with Crippen LogP contribution in [0.5, 0.6) is 5.75 Å². The molecule has 3 nitrogen and oxygen atoms in total. The second kappa shape index (κ2) is 8.61. The molecule has 4 heteroatoms. The maximum Gasteiger partial charge on any atom is 0.120 e. The minimum absolute atomic E-state index is 0.671. The summed E-state index contributed by atoms with van der Waals surface area (Å²) in [5.74, 6) is 0.794. The number of nitrogens with two attached hydrogens (primary N) is 1. The lowest BCUT2D eigenvalue weighted by Gasteiger charge is -2.02. The minimum Gasteiger partial charge on any atom is -0.497 e. The van der Waals surface area contributed by atoms with Crippen LogP contribution in [0.15, 0.2) is 72.8 Å². The predicted octanol–water partition coefficient (Wildman–Crippen LogP) is 5.16. The molecule has 120 valence electrons. The summed E-state index contributed by atoms with van der Waals surface area (Å²) in [6.45, 7) is 0. The molecule has 0 bridgehead atoms. The van der Waals surface area contributed by atoms with Crippen LogP contribution < -0.4 is 10.5 Å². The number of halogens is 1. The highest BCUT2D eigenvalue weighted by Crippen LogP contribution is 2.21. The quantitative estimate of drug-likeness (QED) is 0.658. The van der Waals surface area contributed by atoms with Crippen LogP contribution in [-0.4, -0.2) is 7.11 Å². The van der Waals surface area contributed by atoms with Crippen molar-refractivity contribution in [2.24, 2.45) is 0 Å². The molecule has 3 rings (SSSR count). The highest BCUT2D eigenvalue weighted by Gasteiger charge is 1.98. The number of hydrogen-bond acceptors (Lipinski definition) is 3. The van der Waals surface area contributed by atoms with Crippen LogP contribution in [0, 0.1) is 11.3 Å². The van der Waals surface area contributed by atoms with Gasteiger partial charge in [-0.15, -0.1) is 0 Å². The van der Waals surface area contributed by atoms with Gasteiger partial charge in [-0.25, -0.2) is 0 Å². The fourth-order valence-corrected chi connectivity index (χ4v) is 2.22. The third kappa shape index (κ3) is 5.05. The maximum absolute atomic E-state index is 8.78. The van der Waals surface area contributed by atoms with E-state index in [4.69, 9.17) is 27.3 Å². The molecule has 0 fully saturated rings. The first-order valence-corrected chi connectivity index (χ1v) is 7.66. The number of rotatable bonds is 2. The van der Waals surface area contributed by atoms with Crippen molar-refractivity contribution in [1.82, 2.24) is 0 Å². The zero-order valence-electron chi connectivity index (χ0n) is 13.2. The van der Waals surface area contributed by atoms with Crippen molar-refractivity contribution >= 4 is 17.3 Å². The summed E-state index contributed by atoms with van der Waals surface area (Å²) in [4.78, 5) is 0. The van der Waals surface area contributed by atoms with Gasteiger partial charge in [0.15, 0.2) is 0 Å². The van der Waals surface area contributed by atoms with E-state index in [-0.39, 0.29) is 0 Å². The fraction of sp³-hybridized carbons (Fsp3) is 0.0500. The smallest absolute Gasteiger partial charge is 0.120 e. The lowest BCUT2D eigenvalue weighted by molar-refractivity contribution is 0.415. The number of benzene rings is 3. The highest BCUT2D eigenvalue weighted by atomic mass is 35.5. The van der Waals surface area contributed by atoms with E-state index in [1.54, 1.807) is 19.2 Å². The Kier molecular flexibility index (Phi) is 6.24. The topological polar surface area (TPSA) is 59.0 Å². The molecule has 0 heterocycles. The van der Waals surface area contributed by atoms with Gasteiger partial charge >= 0.3 is 0 Å². The van der Waals surface area contributed by atoms with Gasteiger partial charge < -0.3 is 10.5 Å². The van der Waals surface area contributed by atoms with Crippen LogP contribution in [0.1, 0.15) is 5.56 Å². The maximum atomic E-state index is 8.78. The van der Waals surface area contributed by atoms with Gasteiger partial charge in [-0.3, -0.25) is 0 Å². The molecular weight excluding hydrogens is 320 g/mol. The molecule has 0 spiro atoms. The third-order valence-corrected chi connectivity index (χ3v) is 3.50. The number of nitrogen functional groups attached to an aromatic ring is 1. The molecule has 0 aromatic heterocycles. The number of ether oxygens (including phenoxy) is 1. The molecule has 2 N–H and O–H groups in total. The average Bonchev–Trinajstić information content (AvgIpc) is 2.63. The number of nitrogens with zero attached hydrogens (tertiary/aromatic N) is 1. The molecule has 24 heavy (non-hydrogen) atoms. The largest absolute Gasteiger partial charge is 0.497 e. The van der Waals surface area contributed by atoms with Gasteiger partial charge in [0.1, 0.15) is 5.75 Å². The van der Waals surface area contributed by atoms with Crippen molar-refractivity contribution in [3.05, 3.63) is 83.4 Å². The van der Waals surface area contributed by atoms with Crippen LogP contribution in [0.3, 0.4) is 0 Å². The molecule has 0 radical (unpaired) electrons. The van der Waals surface area contributed by atoms with Gasteiger partial charge in [0.25, 0.3) is 0 Å². The Labute approximate surface area is 146 Å². The van der Waals surface area contributed by atoms with Crippen LogP contribution >= 0.6 is 11.6 Å². The third-order valence-electron chi connectivity index (χ3n) is 3.27. The Balaban J connectivity index is 0.000000198. The molecule has 3 aromatic carbocycles. The summed E-state index contributed by atoms with van der Waals surface area (Å²) in [6, 6.07) is 24.5. The van der Waals surface area contributed by atoms with E-state index in [1.807, 2.05) is 60.7 Å². The average molecular weight is 337 g/mol. The van der Waals surface area contributed by atoms with Crippen molar-refractivity contribution in [2.75, 3.05) is 12.8 Å². The molecule has 0 saturated carbocycles. The van der Waals surface area contributed by atoms with E-state index < -0.39 is 0 Å². The summed E-state index contributed by atoms with van der Waals surface area (Å²) in [5, 5.41) is 9.49. The molecule has 0 saturated heterocycles. The Morgan fingerprint density at radius 1 is 0.917 bits per heavy atom. The fourth-order valence-electron chi connectivity index (χ4n) is 2.04. The SMILES string of the molecule is COc1cccc(Cl)c1.N#Cc1cccc(-c2ccc(N)cc2)c1. The molecule has 0 aliphatic carbocycles. The van der Waals surface area contributed by atoms with E-state index >= 15 is 0 Å². The predicted molar refractivity (Wildman–Crippen MR) is 99.0 cm³/mol. The molecule has 3 aromatic rings. The van der Waals surface area contributed by atoms with Crippen LogP contribution in [-0.2, 0) is 0 Å². The Morgan fingerprint density at radius 2 is 1.62 bits per heavy atom. The summed E-state index contributed by atoms with van der Waals surface area (Å²) in [7, 11) is 1.62. The number of nitriles is 1. The second-order valence-corrected chi connectivity index (χ2v) is 5.41. The highest BCUT2D eigenvalue weighted by molar-refractivity contribution is 6.30. The van der Waals surface area contributed by atoms with Gasteiger partial charge in [-0.2, -0.15) is 5.26 Å². The first-order chi connectivity index (χ1) is 11.6. The lowest BCUT2D eigenvalue weighted by Crippen LogP contribution is -1.84. The van der Waals surface area contributed by atoms with Crippen LogP contribution in [0.2, 0.25) is 5.02 Å². The number of anilines is 1. The van der Waals surface area contributed by atoms with Crippen molar-refractivity contribution in [3.63, 3.8) is 0 Å². The van der Waals surface area contributed by atoms with Crippen molar-refractivity contribution in [1.29, 1.82) is 5.26 Å². The first kappa shape index (κ1) is 17.4. The van der Waals surface area contributed by atoms with Gasteiger partial charge in [0, 0.05) is 10.7 Å². The number of hydrogen-bond donors (Lipinski definition) is 1. The molecule has 0 unspecified atom stereocenters. The van der Waals surface area contributed by atoms with E-state index in [1.165, 1.54) is 0 Å². The summed E-state index contributed by atoms with van der Waals surface area (Å²) in [5.41, 5.74) is 9.13. The summed E-state index contributed by atoms with van der Waals surface area (Å²) < 4.78 is 4.91. The van der Waals surface area contributed by atoms with Gasteiger partial charge in [0.2, 0.25) is 0 Å². The van der Waals surface area contributed by atoms with Gasteiger partial charge in [-0.1, -0.05) is 41.9 Å². The van der Waals surface area contributed by atoms with Crippen LogP contribution in [0.4, 0.5) is 5.69 Å². The Hall–Kier alpha value is -2.96. The molecular formula is C20H17ClN2O. The zero-order chi connectivity index (χ0) is 17.4. The molecule has 0 amide bonds. The lowest BCUT2D eigenvalue weighted by atomic mass is 10.0. The second-order valence-electron chi connectivity index (χ2n) is 4.98. The Bertz CT molecular complexity index is 839. The van der Waals surface area contributed by atoms with E-state index in [9.17, 15) is 0 Å². The first-order valence-electron chi connectivity index (χ1n) is 7.28. The van der Waals surface area contributed by atoms with Crippen molar-refractivity contribution in [3.8, 4) is 22.9 Å². The van der Waals surface area contributed by atoms with Crippen molar-refractivity contribution < 1.29 is 4.74 Å². The molecule has 0 aliphatic rings. The monoisotopic (exact) mass is 336 g/mol. The van der Waals surface area contributed by atoms with Gasteiger partial charge in [0.05, 0.1) is 18.7 Å². The summed E-state index contributed by atoms with van der Waals surface area (Å²) >= 11 is 5.64. The van der Waals surface area contributed by atoms with E-state index in [0.717, 1.165) is 22.6 Å². The van der Waals surface area contributed by atoms with E-state index in [0.29, 0.717) is 10.6 Å². The van der Waals surface area contributed by atoms with Crippen LogP contribution in [0.25, 0.3) is 11.1 Å². The minimum atomic E-state index is 0.671. The van der Waals surface area contributed by atoms with Crippen molar-refractivity contribution in [2.45, 2.75) is 0 Å². The van der Waals surface area contributed by atoms with Gasteiger partial charge in [-0.05, 0) is 53.6 Å². The molecule has 0 atom stereocenters. The number of methoxy groups -OCH3 is 1. The molecule has 0 aliphatic heterocycles. The zero-order valence-corrected chi connectivity index (χ0v) is 14.0. The normalized spacial score (nSPS) is 9.38. The standard InChI is InChI=1S/C13H10N2.C7H7ClO/c14-9-10-2-1-3-12(8-10)11-4-6-13(15)7-5-11;1-9-7-4-2-3-6(8)5-7/h1-8H,15H2;2-5H,1H3. The Morgan fingerprint density at radius 3 is 2.21 bits per heavy atom.